The van der Waals surface area contributed by atoms with Crippen molar-refractivity contribution < 1.29 is 4.74 Å². The minimum absolute atomic E-state index is 0. The van der Waals surface area contributed by atoms with Gasteiger partial charge in [0.15, 0.2) is 5.96 Å². The van der Waals surface area contributed by atoms with Gasteiger partial charge < -0.3 is 15.0 Å². The highest BCUT2D eigenvalue weighted by Gasteiger charge is 2.14. The van der Waals surface area contributed by atoms with Crippen LogP contribution in [0.25, 0.3) is 0 Å². The minimum Gasteiger partial charge on any atom is -0.375 e. The number of methoxy groups -OCH3 is 1. The van der Waals surface area contributed by atoms with Crippen LogP contribution in [0.3, 0.4) is 0 Å². The number of nitrogens with zero attached hydrogens (tertiary/aromatic N) is 3. The molecular formula is C19H35IN4OS. The lowest BCUT2D eigenvalue weighted by molar-refractivity contribution is 0.119. The maximum absolute atomic E-state index is 5.34. The lowest BCUT2D eigenvalue weighted by Crippen LogP contribution is -2.39. The van der Waals surface area contributed by atoms with Crippen molar-refractivity contribution in [3.05, 3.63) is 16.1 Å². The summed E-state index contributed by atoms with van der Waals surface area (Å²) in [6.07, 6.45) is 9.79. The molecule has 7 heteroatoms. The summed E-state index contributed by atoms with van der Waals surface area (Å²) in [5, 5.41) is 6.63. The summed E-state index contributed by atoms with van der Waals surface area (Å²) in [4.78, 5) is 11.2. The van der Waals surface area contributed by atoms with Crippen LogP contribution < -0.4 is 5.32 Å². The fourth-order valence-electron chi connectivity index (χ4n) is 3.45. The van der Waals surface area contributed by atoms with Gasteiger partial charge in [-0.3, -0.25) is 4.99 Å². The number of rotatable bonds is 8. The first kappa shape index (κ1) is 23.6. The van der Waals surface area contributed by atoms with Crippen molar-refractivity contribution in [2.24, 2.45) is 10.9 Å². The van der Waals surface area contributed by atoms with Crippen LogP contribution in [0.1, 0.15) is 68.7 Å². The molecule has 150 valence electrons. The first-order valence-corrected chi connectivity index (χ1v) is 10.4. The number of halogens is 1. The molecule has 0 amide bonds. The quantitative estimate of drug-likeness (QED) is 0.243. The summed E-state index contributed by atoms with van der Waals surface area (Å²) in [5.74, 6) is 1.89. The van der Waals surface area contributed by atoms with Crippen molar-refractivity contribution in [1.29, 1.82) is 0 Å². The van der Waals surface area contributed by atoms with Gasteiger partial charge in [0.1, 0.15) is 11.1 Å². The molecule has 5 nitrogen and oxygen atoms in total. The fraction of sp³-hybridized carbons (Fsp3) is 0.789. The first-order valence-electron chi connectivity index (χ1n) is 9.53. The summed E-state index contributed by atoms with van der Waals surface area (Å²) >= 11 is 1.66. The lowest BCUT2D eigenvalue weighted by Gasteiger charge is -2.23. The van der Waals surface area contributed by atoms with E-state index < -0.39 is 0 Å². The molecule has 1 fully saturated rings. The van der Waals surface area contributed by atoms with Crippen LogP contribution >= 0.6 is 35.3 Å². The zero-order valence-electron chi connectivity index (χ0n) is 16.7. The Kier molecular flexibility index (Phi) is 11.7. The molecule has 1 N–H and O–H groups in total. The average Bonchev–Trinajstić information content (AvgIpc) is 3.10. The maximum Gasteiger partial charge on any atom is 0.193 e. The van der Waals surface area contributed by atoms with Crippen molar-refractivity contribution >= 4 is 41.3 Å². The maximum atomic E-state index is 5.34. The number of ether oxygens (including phenoxy) is 1. The van der Waals surface area contributed by atoms with Crippen LogP contribution in [0.5, 0.6) is 0 Å². The Hall–Kier alpha value is -0.410. The van der Waals surface area contributed by atoms with Gasteiger partial charge in [-0.15, -0.1) is 35.3 Å². The van der Waals surface area contributed by atoms with Crippen molar-refractivity contribution in [1.82, 2.24) is 15.2 Å². The van der Waals surface area contributed by atoms with Gasteiger partial charge >= 0.3 is 0 Å². The molecule has 2 rings (SSSR count). The number of hydrogen-bond donors (Lipinski definition) is 1. The molecule has 1 aromatic heterocycles. The van der Waals surface area contributed by atoms with Crippen molar-refractivity contribution in [2.75, 3.05) is 27.7 Å². The van der Waals surface area contributed by atoms with Crippen LogP contribution in [-0.2, 0) is 11.3 Å². The third kappa shape index (κ3) is 7.68. The minimum atomic E-state index is 0. The van der Waals surface area contributed by atoms with E-state index in [1.165, 1.54) is 44.9 Å². The number of hydrogen-bond acceptors (Lipinski definition) is 4. The number of aromatic nitrogens is 1. The van der Waals surface area contributed by atoms with Gasteiger partial charge in [-0.2, -0.15) is 0 Å². The molecule has 0 spiro atoms. The molecule has 1 unspecified atom stereocenters. The molecular weight excluding hydrogens is 459 g/mol. The SMILES string of the molecule is CN=C(NCCCC1CCCCC1)N(C)Cc1csc(C(C)OC)n1.I. The third-order valence-corrected chi connectivity index (χ3v) is 6.10. The smallest absolute Gasteiger partial charge is 0.193 e. The van der Waals surface area contributed by atoms with Crippen molar-refractivity contribution in [3.8, 4) is 0 Å². The number of guanidine groups is 1. The van der Waals surface area contributed by atoms with E-state index in [9.17, 15) is 0 Å². The highest BCUT2D eigenvalue weighted by atomic mass is 127. The Bertz CT molecular complexity index is 531. The number of nitrogens with one attached hydrogen (secondary N) is 1. The first-order chi connectivity index (χ1) is 12.1. The van der Waals surface area contributed by atoms with Gasteiger partial charge in [-0.25, -0.2) is 4.98 Å². The van der Waals surface area contributed by atoms with Crippen LogP contribution in [0.2, 0.25) is 0 Å². The number of aliphatic imine (C=N–C) groups is 1. The van der Waals surface area contributed by atoms with Crippen LogP contribution in [0, 0.1) is 5.92 Å². The summed E-state index contributed by atoms with van der Waals surface area (Å²) in [7, 11) is 5.63. The van der Waals surface area contributed by atoms with Crippen LogP contribution in [-0.4, -0.2) is 43.6 Å². The Morgan fingerprint density at radius 3 is 2.81 bits per heavy atom. The predicted molar refractivity (Wildman–Crippen MR) is 122 cm³/mol. The average molecular weight is 494 g/mol. The molecule has 0 aliphatic heterocycles. The van der Waals surface area contributed by atoms with Crippen LogP contribution in [0.4, 0.5) is 0 Å². The second kappa shape index (κ2) is 12.9. The molecule has 1 heterocycles. The van der Waals surface area contributed by atoms with Gasteiger partial charge in [0, 0.05) is 33.1 Å². The molecule has 1 aliphatic rings. The van der Waals surface area contributed by atoms with E-state index in [1.54, 1.807) is 18.4 Å². The summed E-state index contributed by atoms with van der Waals surface area (Å²) in [6, 6.07) is 0. The van der Waals surface area contributed by atoms with E-state index in [0.29, 0.717) is 0 Å². The second-order valence-corrected chi connectivity index (χ2v) is 7.92. The second-order valence-electron chi connectivity index (χ2n) is 7.03. The molecule has 0 aromatic carbocycles. The van der Waals surface area contributed by atoms with E-state index in [-0.39, 0.29) is 30.1 Å². The molecule has 1 saturated carbocycles. The van der Waals surface area contributed by atoms with Crippen molar-refractivity contribution in [2.45, 2.75) is 64.5 Å². The predicted octanol–water partition coefficient (Wildman–Crippen LogP) is 4.84. The highest BCUT2D eigenvalue weighted by Crippen LogP contribution is 2.27. The Morgan fingerprint density at radius 1 is 1.42 bits per heavy atom. The van der Waals surface area contributed by atoms with E-state index >= 15 is 0 Å². The number of thiazole rings is 1. The lowest BCUT2D eigenvalue weighted by atomic mass is 9.86. The van der Waals surface area contributed by atoms with E-state index in [2.05, 4.69) is 32.6 Å². The molecule has 1 aromatic rings. The molecule has 0 bridgehead atoms. The monoisotopic (exact) mass is 494 g/mol. The largest absolute Gasteiger partial charge is 0.375 e. The van der Waals surface area contributed by atoms with Gasteiger partial charge in [-0.05, 0) is 25.7 Å². The normalized spacial score (nSPS) is 16.8. The summed E-state index contributed by atoms with van der Waals surface area (Å²) < 4.78 is 5.34. The van der Waals surface area contributed by atoms with Gasteiger partial charge in [0.25, 0.3) is 0 Å². The van der Waals surface area contributed by atoms with Gasteiger partial charge in [-0.1, -0.05) is 32.1 Å². The van der Waals surface area contributed by atoms with Gasteiger partial charge in [0.05, 0.1) is 12.2 Å². The molecule has 0 saturated heterocycles. The molecule has 26 heavy (non-hydrogen) atoms. The molecule has 1 aliphatic carbocycles. The standard InChI is InChI=1S/C19H34N4OS.HI/c1-15(24-4)18-22-17(14-25-18)13-23(3)19(20-2)21-12-8-11-16-9-6-5-7-10-16;/h14-16H,5-13H2,1-4H3,(H,20,21);1H. The Labute approximate surface area is 180 Å². The zero-order chi connectivity index (χ0) is 18.1. The topological polar surface area (TPSA) is 49.8 Å². The van der Waals surface area contributed by atoms with Gasteiger partial charge in [0.2, 0.25) is 0 Å². The van der Waals surface area contributed by atoms with Crippen molar-refractivity contribution in [3.63, 3.8) is 0 Å². The summed E-state index contributed by atoms with van der Waals surface area (Å²) in [5.41, 5.74) is 1.07. The van der Waals surface area contributed by atoms with E-state index in [0.717, 1.165) is 35.7 Å². The zero-order valence-corrected chi connectivity index (χ0v) is 19.8. The highest BCUT2D eigenvalue weighted by molar-refractivity contribution is 14.0. The molecule has 1 atom stereocenters. The van der Waals surface area contributed by atoms with E-state index in [1.807, 2.05) is 14.0 Å². The third-order valence-electron chi connectivity index (χ3n) is 5.04. The summed E-state index contributed by atoms with van der Waals surface area (Å²) in [6.45, 7) is 3.78. The fourth-order valence-corrected chi connectivity index (χ4v) is 4.29. The van der Waals surface area contributed by atoms with E-state index in [4.69, 9.17) is 4.74 Å². The Balaban J connectivity index is 0.00000338. The van der Waals surface area contributed by atoms with Crippen LogP contribution in [0.15, 0.2) is 10.4 Å². The Morgan fingerprint density at radius 2 is 2.15 bits per heavy atom. The molecule has 0 radical (unpaired) electrons.